The molecule has 1 aliphatic carbocycles. The van der Waals surface area contributed by atoms with Gasteiger partial charge in [-0.05, 0) is 89.5 Å². The topological polar surface area (TPSA) is 131 Å². The Balaban J connectivity index is 2.06. The molecule has 40 heavy (non-hydrogen) atoms. The van der Waals surface area contributed by atoms with Crippen LogP contribution in [0.5, 0.6) is 0 Å². The molecule has 2 aromatic rings. The van der Waals surface area contributed by atoms with E-state index in [9.17, 15) is 19.2 Å². The highest BCUT2D eigenvalue weighted by atomic mass is 16.6. The van der Waals surface area contributed by atoms with E-state index in [1.807, 2.05) is 63.2 Å². The third-order valence-corrected chi connectivity index (χ3v) is 7.13. The van der Waals surface area contributed by atoms with Crippen molar-refractivity contribution in [2.75, 3.05) is 5.32 Å². The number of hydrogen-bond donors (Lipinski definition) is 3. The lowest BCUT2D eigenvalue weighted by atomic mass is 9.87. The Labute approximate surface area is 236 Å². The van der Waals surface area contributed by atoms with E-state index in [-0.39, 0.29) is 24.8 Å². The highest BCUT2D eigenvalue weighted by Crippen LogP contribution is 2.36. The van der Waals surface area contributed by atoms with Gasteiger partial charge in [0, 0.05) is 18.2 Å². The summed E-state index contributed by atoms with van der Waals surface area (Å²) in [4.78, 5) is 54.5. The number of hydrogen-bond acceptors (Lipinski definition) is 5. The van der Waals surface area contributed by atoms with Gasteiger partial charge in [0.2, 0.25) is 11.8 Å². The Morgan fingerprint density at radius 1 is 0.975 bits per heavy atom. The largest absolute Gasteiger partial charge is 0.444 e. The van der Waals surface area contributed by atoms with Crippen LogP contribution in [0, 0.1) is 20.8 Å². The molecule has 1 saturated carbocycles. The minimum Gasteiger partial charge on any atom is -0.444 e. The standard InChI is InChI=1S/C31H42N4O5/c1-19-11-7-8-16-23(19)27(28(37)34-26-20(2)12-9-13-21(26)3)35(22-14-10-15-22)29(38)24(17-18-25(32)36)33-30(39)40-31(4,5)6/h7-9,11-13,16,22,24,27H,10,14-15,17-18H2,1-6H3,(H2,32,36)(H,33,39)(H,34,37). The maximum Gasteiger partial charge on any atom is 0.408 e. The Morgan fingerprint density at radius 3 is 2.10 bits per heavy atom. The fraction of sp³-hybridized carbons (Fsp3) is 0.484. The van der Waals surface area contributed by atoms with Crippen molar-refractivity contribution < 1.29 is 23.9 Å². The maximum atomic E-state index is 14.3. The molecule has 4 amide bonds. The molecule has 2 unspecified atom stereocenters. The number of primary amides is 1. The zero-order chi connectivity index (χ0) is 29.6. The number of carbonyl (C=O) groups excluding carboxylic acids is 4. The molecule has 2 atom stereocenters. The molecule has 9 heteroatoms. The number of aryl methyl sites for hydroxylation is 3. The molecule has 0 radical (unpaired) electrons. The first-order valence-electron chi connectivity index (χ1n) is 13.8. The molecule has 1 aliphatic rings. The van der Waals surface area contributed by atoms with Crippen molar-refractivity contribution in [3.8, 4) is 0 Å². The van der Waals surface area contributed by atoms with E-state index in [2.05, 4.69) is 10.6 Å². The number of nitrogens with zero attached hydrogens (tertiary/aromatic N) is 1. The number of benzene rings is 2. The smallest absolute Gasteiger partial charge is 0.408 e. The van der Waals surface area contributed by atoms with E-state index in [1.54, 1.807) is 25.7 Å². The molecule has 9 nitrogen and oxygen atoms in total. The number of nitrogens with one attached hydrogen (secondary N) is 2. The summed E-state index contributed by atoms with van der Waals surface area (Å²) in [5.74, 6) is -1.40. The first-order chi connectivity index (χ1) is 18.8. The van der Waals surface area contributed by atoms with Crippen molar-refractivity contribution in [3.63, 3.8) is 0 Å². The van der Waals surface area contributed by atoms with Crippen molar-refractivity contribution in [2.24, 2.45) is 5.73 Å². The van der Waals surface area contributed by atoms with Crippen LogP contribution in [0.15, 0.2) is 42.5 Å². The fourth-order valence-electron chi connectivity index (χ4n) is 4.87. The van der Waals surface area contributed by atoms with Gasteiger partial charge < -0.3 is 26.0 Å². The van der Waals surface area contributed by atoms with Crippen LogP contribution in [0.4, 0.5) is 10.5 Å². The van der Waals surface area contributed by atoms with Crippen LogP contribution in [0.1, 0.15) is 81.2 Å². The van der Waals surface area contributed by atoms with Crippen molar-refractivity contribution in [2.45, 2.75) is 97.4 Å². The normalized spacial score (nSPS) is 14.8. The van der Waals surface area contributed by atoms with Gasteiger partial charge in [-0.1, -0.05) is 42.5 Å². The first-order valence-corrected chi connectivity index (χ1v) is 13.8. The fourth-order valence-corrected chi connectivity index (χ4v) is 4.87. The molecule has 0 aliphatic heterocycles. The number of amides is 4. The molecule has 0 bridgehead atoms. The van der Waals surface area contributed by atoms with Crippen molar-refractivity contribution in [3.05, 3.63) is 64.7 Å². The van der Waals surface area contributed by atoms with Crippen LogP contribution in [0.3, 0.4) is 0 Å². The number of para-hydroxylation sites is 1. The lowest BCUT2D eigenvalue weighted by Crippen LogP contribution is -2.57. The van der Waals surface area contributed by atoms with Gasteiger partial charge in [-0.3, -0.25) is 14.4 Å². The number of ether oxygens (including phenoxy) is 1. The third-order valence-electron chi connectivity index (χ3n) is 7.13. The van der Waals surface area contributed by atoms with Gasteiger partial charge in [0.1, 0.15) is 17.7 Å². The lowest BCUT2D eigenvalue weighted by molar-refractivity contribution is -0.146. The summed E-state index contributed by atoms with van der Waals surface area (Å²) in [6, 6.07) is 11.0. The van der Waals surface area contributed by atoms with Crippen LogP contribution in [0.25, 0.3) is 0 Å². The van der Waals surface area contributed by atoms with E-state index in [0.29, 0.717) is 11.3 Å². The molecule has 0 spiro atoms. The molecule has 0 aromatic heterocycles. The van der Waals surface area contributed by atoms with Crippen molar-refractivity contribution in [1.82, 2.24) is 10.2 Å². The van der Waals surface area contributed by atoms with Gasteiger partial charge >= 0.3 is 6.09 Å². The van der Waals surface area contributed by atoms with E-state index in [0.717, 1.165) is 36.0 Å². The summed E-state index contributed by atoms with van der Waals surface area (Å²) in [6.45, 7) is 10.9. The van der Waals surface area contributed by atoms with Gasteiger partial charge in [-0.15, -0.1) is 0 Å². The second-order valence-corrected chi connectivity index (χ2v) is 11.5. The number of rotatable bonds is 10. The number of nitrogens with two attached hydrogens (primary N) is 1. The molecular weight excluding hydrogens is 508 g/mol. The quantitative estimate of drug-likeness (QED) is 0.390. The second kappa shape index (κ2) is 13.0. The summed E-state index contributed by atoms with van der Waals surface area (Å²) >= 11 is 0. The number of anilines is 1. The zero-order valence-electron chi connectivity index (χ0n) is 24.4. The monoisotopic (exact) mass is 550 g/mol. The molecule has 2 aromatic carbocycles. The van der Waals surface area contributed by atoms with Gasteiger partial charge in [-0.25, -0.2) is 4.79 Å². The van der Waals surface area contributed by atoms with Gasteiger partial charge in [0.25, 0.3) is 5.91 Å². The van der Waals surface area contributed by atoms with Gasteiger partial charge in [0.15, 0.2) is 0 Å². The molecule has 0 saturated heterocycles. The summed E-state index contributed by atoms with van der Waals surface area (Å²) in [5, 5.41) is 5.73. The molecule has 0 heterocycles. The van der Waals surface area contributed by atoms with Crippen molar-refractivity contribution in [1.29, 1.82) is 0 Å². The predicted octanol–water partition coefficient (Wildman–Crippen LogP) is 4.83. The average Bonchev–Trinajstić information content (AvgIpc) is 2.82. The molecule has 3 rings (SSSR count). The number of alkyl carbamates (subject to hydrolysis) is 1. The van der Waals surface area contributed by atoms with Gasteiger partial charge in [0.05, 0.1) is 0 Å². The van der Waals surface area contributed by atoms with Crippen LogP contribution in [-0.4, -0.2) is 46.4 Å². The first kappa shape index (κ1) is 30.7. The van der Waals surface area contributed by atoms with E-state index in [1.165, 1.54) is 0 Å². The Kier molecular flexibility index (Phi) is 9.95. The minimum absolute atomic E-state index is 0.0182. The van der Waals surface area contributed by atoms with E-state index >= 15 is 0 Å². The van der Waals surface area contributed by atoms with Crippen molar-refractivity contribution >= 4 is 29.5 Å². The Morgan fingerprint density at radius 2 is 1.57 bits per heavy atom. The van der Waals surface area contributed by atoms with Gasteiger partial charge in [-0.2, -0.15) is 0 Å². The molecule has 1 fully saturated rings. The van der Waals surface area contributed by atoms with Crippen LogP contribution in [-0.2, 0) is 19.1 Å². The average molecular weight is 551 g/mol. The molecule has 216 valence electrons. The number of carbonyl (C=O) groups is 4. The Hall–Kier alpha value is -3.88. The summed E-state index contributed by atoms with van der Waals surface area (Å²) < 4.78 is 5.41. The lowest BCUT2D eigenvalue weighted by Gasteiger charge is -2.44. The van der Waals surface area contributed by atoms with Crippen LogP contribution >= 0.6 is 0 Å². The van der Waals surface area contributed by atoms with Crippen LogP contribution < -0.4 is 16.4 Å². The highest BCUT2D eigenvalue weighted by Gasteiger charge is 2.42. The van der Waals surface area contributed by atoms with E-state index < -0.39 is 35.6 Å². The Bertz CT molecular complexity index is 1230. The summed E-state index contributed by atoms with van der Waals surface area (Å²) in [6.07, 6.45) is 1.44. The summed E-state index contributed by atoms with van der Waals surface area (Å²) in [7, 11) is 0. The summed E-state index contributed by atoms with van der Waals surface area (Å²) in [5.41, 5.74) is 8.68. The van der Waals surface area contributed by atoms with E-state index in [4.69, 9.17) is 10.5 Å². The van der Waals surface area contributed by atoms with Crippen LogP contribution in [0.2, 0.25) is 0 Å². The molecule has 4 N–H and O–H groups in total. The highest BCUT2D eigenvalue weighted by molar-refractivity contribution is 6.00. The molecular formula is C31H42N4O5. The SMILES string of the molecule is Cc1ccccc1C(C(=O)Nc1c(C)cccc1C)N(C(=O)C(CCC(N)=O)NC(=O)OC(C)(C)C)C1CCC1. The predicted molar refractivity (Wildman–Crippen MR) is 155 cm³/mol. The maximum absolute atomic E-state index is 14.3. The third kappa shape index (κ3) is 7.83. The second-order valence-electron chi connectivity index (χ2n) is 11.5. The zero-order valence-corrected chi connectivity index (χ0v) is 24.4. The minimum atomic E-state index is -1.11.